The van der Waals surface area contributed by atoms with E-state index in [0.717, 1.165) is 34.7 Å². The van der Waals surface area contributed by atoms with Crippen LogP contribution in [0, 0.1) is 11.3 Å². The summed E-state index contributed by atoms with van der Waals surface area (Å²) in [6.45, 7) is 5.24. The molecule has 0 unspecified atom stereocenters. The molecule has 2 aromatic heterocycles. The van der Waals surface area contributed by atoms with Crippen LogP contribution in [0.15, 0.2) is 30.6 Å². The Kier molecular flexibility index (Phi) is 5.11. The van der Waals surface area contributed by atoms with E-state index in [1.807, 2.05) is 40.6 Å². The third kappa shape index (κ3) is 3.17. The fourth-order valence-electron chi connectivity index (χ4n) is 2.27. The Hall–Kier alpha value is -1.44. The molecular weight excluding hydrogens is 266 g/mol. The molecule has 0 aromatic carbocycles. The van der Waals surface area contributed by atoms with Gasteiger partial charge in [0.2, 0.25) is 0 Å². The Balaban J connectivity index is 2.19. The van der Waals surface area contributed by atoms with Gasteiger partial charge < -0.3 is 4.40 Å². The quantitative estimate of drug-likeness (QED) is 0.816. The molecule has 0 bridgehead atoms. The van der Waals surface area contributed by atoms with Crippen LogP contribution >= 0.6 is 11.8 Å². The first kappa shape index (κ1) is 15.0. The number of rotatable bonds is 6. The smallest absolute Gasteiger partial charge is 0.102 e. The summed E-state index contributed by atoms with van der Waals surface area (Å²) >= 11 is 1.96. The lowest BCUT2D eigenvalue weighted by Crippen LogP contribution is -2.30. The highest BCUT2D eigenvalue weighted by molar-refractivity contribution is 7.99. The lowest BCUT2D eigenvalue weighted by molar-refractivity contribution is 0.269. The van der Waals surface area contributed by atoms with Gasteiger partial charge in [0.15, 0.2) is 0 Å². The van der Waals surface area contributed by atoms with Gasteiger partial charge in [0.05, 0.1) is 11.1 Å². The molecule has 0 amide bonds. The number of pyridine rings is 1. The van der Waals surface area contributed by atoms with Crippen LogP contribution in [0.2, 0.25) is 0 Å². The molecule has 1 atom stereocenters. The van der Waals surface area contributed by atoms with Crippen molar-refractivity contribution in [2.45, 2.75) is 26.4 Å². The normalized spacial score (nSPS) is 12.8. The van der Waals surface area contributed by atoms with Crippen LogP contribution in [-0.2, 0) is 6.54 Å². The van der Waals surface area contributed by atoms with Gasteiger partial charge in [-0.1, -0.05) is 13.0 Å². The van der Waals surface area contributed by atoms with Crippen molar-refractivity contribution in [1.82, 2.24) is 9.30 Å². The van der Waals surface area contributed by atoms with E-state index in [4.69, 9.17) is 0 Å². The summed E-state index contributed by atoms with van der Waals surface area (Å²) in [6, 6.07) is 8.83. The van der Waals surface area contributed by atoms with Gasteiger partial charge in [-0.15, -0.1) is 0 Å². The van der Waals surface area contributed by atoms with Crippen molar-refractivity contribution in [1.29, 1.82) is 5.26 Å². The highest BCUT2D eigenvalue weighted by atomic mass is 32.2. The van der Waals surface area contributed by atoms with Gasteiger partial charge in [-0.2, -0.15) is 17.0 Å². The van der Waals surface area contributed by atoms with Gasteiger partial charge in [0, 0.05) is 36.3 Å². The van der Waals surface area contributed by atoms with Gasteiger partial charge >= 0.3 is 0 Å². The molecule has 0 radical (unpaired) electrons. The minimum absolute atomic E-state index is 0.509. The predicted octanol–water partition coefficient (Wildman–Crippen LogP) is 3.38. The van der Waals surface area contributed by atoms with E-state index >= 15 is 0 Å². The first-order valence-electron chi connectivity index (χ1n) is 6.94. The first-order chi connectivity index (χ1) is 9.67. The summed E-state index contributed by atoms with van der Waals surface area (Å²) < 4.78 is 2.03. The first-order valence-corrected chi connectivity index (χ1v) is 8.09. The summed E-state index contributed by atoms with van der Waals surface area (Å²) in [5.74, 6) is 2.28. The molecule has 20 heavy (non-hydrogen) atoms. The average molecular weight is 287 g/mol. The zero-order chi connectivity index (χ0) is 14.5. The van der Waals surface area contributed by atoms with Gasteiger partial charge in [-0.3, -0.25) is 4.90 Å². The third-order valence-electron chi connectivity index (χ3n) is 3.61. The Morgan fingerprint density at radius 3 is 2.95 bits per heavy atom. The molecule has 0 aliphatic carbocycles. The Morgan fingerprint density at radius 2 is 2.25 bits per heavy atom. The number of thioether (sulfide) groups is 1. The van der Waals surface area contributed by atoms with E-state index in [0.29, 0.717) is 6.04 Å². The van der Waals surface area contributed by atoms with Crippen molar-refractivity contribution in [3.8, 4) is 6.07 Å². The van der Waals surface area contributed by atoms with Crippen molar-refractivity contribution in [3.63, 3.8) is 0 Å². The molecule has 0 N–H and O–H groups in total. The van der Waals surface area contributed by atoms with E-state index in [9.17, 15) is 5.26 Å². The zero-order valence-corrected chi connectivity index (χ0v) is 13.2. The van der Waals surface area contributed by atoms with E-state index in [1.54, 1.807) is 0 Å². The van der Waals surface area contributed by atoms with E-state index in [-0.39, 0.29) is 0 Å². The molecule has 0 aliphatic rings. The van der Waals surface area contributed by atoms with Crippen LogP contribution in [0.1, 0.15) is 25.0 Å². The molecule has 0 saturated carbocycles. The summed E-state index contributed by atoms with van der Waals surface area (Å²) in [4.78, 5) is 2.32. The Labute approximate surface area is 125 Å². The monoisotopic (exact) mass is 287 g/mol. The highest BCUT2D eigenvalue weighted by Crippen LogP contribution is 2.20. The summed E-state index contributed by atoms with van der Waals surface area (Å²) in [7, 11) is 2.13. The number of aromatic nitrogens is 1. The summed E-state index contributed by atoms with van der Waals surface area (Å²) in [6.07, 6.45) is 4.07. The molecule has 0 aliphatic heterocycles. The third-order valence-corrected chi connectivity index (χ3v) is 4.74. The second-order valence-electron chi connectivity index (χ2n) is 5.06. The largest absolute Gasteiger partial charge is 0.322 e. The van der Waals surface area contributed by atoms with Crippen LogP contribution in [0.3, 0.4) is 0 Å². The van der Waals surface area contributed by atoms with Crippen LogP contribution < -0.4 is 0 Å². The van der Waals surface area contributed by atoms with E-state index in [1.165, 1.54) is 0 Å². The minimum Gasteiger partial charge on any atom is -0.322 e. The molecular formula is C16H21N3S. The molecule has 2 rings (SSSR count). The van der Waals surface area contributed by atoms with E-state index < -0.39 is 0 Å². The van der Waals surface area contributed by atoms with Crippen molar-refractivity contribution in [3.05, 3.63) is 41.7 Å². The molecule has 0 saturated heterocycles. The molecule has 106 valence electrons. The molecule has 3 nitrogen and oxygen atoms in total. The number of hydrogen-bond donors (Lipinski definition) is 0. The fourth-order valence-corrected chi connectivity index (χ4v) is 3.10. The molecule has 0 spiro atoms. The van der Waals surface area contributed by atoms with Crippen molar-refractivity contribution in [2.75, 3.05) is 18.6 Å². The number of nitriles is 1. The standard InChI is InChI=1S/C16H21N3S/c1-4-20-12-13(2)18(3)10-14-11-19-8-6-5-7-16(19)15(14)9-17/h5-8,11,13H,4,10,12H2,1-3H3/t13-/m0/s1. The van der Waals surface area contributed by atoms with Gasteiger partial charge in [-0.25, -0.2) is 0 Å². The maximum atomic E-state index is 9.41. The van der Waals surface area contributed by atoms with Gasteiger partial charge in [-0.05, 0) is 31.9 Å². The second kappa shape index (κ2) is 6.83. The second-order valence-corrected chi connectivity index (χ2v) is 6.38. The van der Waals surface area contributed by atoms with Crippen molar-refractivity contribution in [2.24, 2.45) is 0 Å². The lowest BCUT2D eigenvalue weighted by Gasteiger charge is -2.24. The van der Waals surface area contributed by atoms with Crippen LogP contribution in [-0.4, -0.2) is 33.9 Å². The van der Waals surface area contributed by atoms with Crippen molar-refractivity contribution >= 4 is 17.3 Å². The number of nitrogens with zero attached hydrogens (tertiary/aromatic N) is 3. The fraction of sp³-hybridized carbons (Fsp3) is 0.438. The van der Waals surface area contributed by atoms with Gasteiger partial charge in [0.25, 0.3) is 0 Å². The zero-order valence-electron chi connectivity index (χ0n) is 12.3. The van der Waals surface area contributed by atoms with Crippen LogP contribution in [0.25, 0.3) is 5.52 Å². The molecule has 2 aromatic rings. The van der Waals surface area contributed by atoms with Gasteiger partial charge in [0.1, 0.15) is 6.07 Å². The Bertz CT molecular complexity index is 612. The predicted molar refractivity (Wildman–Crippen MR) is 86.0 cm³/mol. The summed E-state index contributed by atoms with van der Waals surface area (Å²) in [5, 5.41) is 9.41. The number of fused-ring (bicyclic) bond motifs is 1. The van der Waals surface area contributed by atoms with Crippen molar-refractivity contribution < 1.29 is 0 Å². The topological polar surface area (TPSA) is 31.4 Å². The van der Waals surface area contributed by atoms with E-state index in [2.05, 4.69) is 38.1 Å². The summed E-state index contributed by atoms with van der Waals surface area (Å²) in [5.41, 5.74) is 2.90. The van der Waals surface area contributed by atoms with Crippen LogP contribution in [0.4, 0.5) is 0 Å². The number of hydrogen-bond acceptors (Lipinski definition) is 3. The minimum atomic E-state index is 0.509. The Morgan fingerprint density at radius 1 is 1.45 bits per heavy atom. The molecule has 0 fully saturated rings. The maximum Gasteiger partial charge on any atom is 0.102 e. The highest BCUT2D eigenvalue weighted by Gasteiger charge is 2.15. The molecule has 4 heteroatoms. The molecule has 2 heterocycles. The maximum absolute atomic E-state index is 9.41. The average Bonchev–Trinajstić information content (AvgIpc) is 2.81. The SMILES string of the molecule is CCSC[C@H](C)N(C)Cc1cn2ccccc2c1C#N. The van der Waals surface area contributed by atoms with Crippen LogP contribution in [0.5, 0.6) is 0 Å². The lowest BCUT2D eigenvalue weighted by atomic mass is 10.1.